The van der Waals surface area contributed by atoms with Crippen molar-refractivity contribution in [2.24, 2.45) is 0 Å². The number of rotatable bonds is 4. The molecule has 1 unspecified atom stereocenters. The van der Waals surface area contributed by atoms with E-state index in [-0.39, 0.29) is 6.10 Å². The van der Waals surface area contributed by atoms with Crippen LogP contribution in [0, 0.1) is 0 Å². The average Bonchev–Trinajstić information content (AvgIpc) is 2.84. The molecule has 18 heavy (non-hydrogen) atoms. The summed E-state index contributed by atoms with van der Waals surface area (Å²) in [5.74, 6) is 1.15. The highest BCUT2D eigenvalue weighted by atomic mass is 16.5. The minimum Gasteiger partial charge on any atom is -0.473 e. The standard InChI is InChI=1S/C12H20N4O2/c1-8(2)18-12-10(13)11(14-7-15-12)16(3)9-4-5-17-6-9/h7-9H,4-6,13H2,1-3H3. The Labute approximate surface area is 107 Å². The summed E-state index contributed by atoms with van der Waals surface area (Å²) in [6.07, 6.45) is 2.51. The van der Waals surface area contributed by atoms with E-state index in [0.717, 1.165) is 13.0 Å². The summed E-state index contributed by atoms with van der Waals surface area (Å²) in [6, 6.07) is 0.314. The Hall–Kier alpha value is -1.56. The third-order valence-electron chi connectivity index (χ3n) is 2.96. The molecule has 0 aliphatic carbocycles. The first-order chi connectivity index (χ1) is 8.59. The van der Waals surface area contributed by atoms with Gasteiger partial charge in [-0.05, 0) is 20.3 Å². The van der Waals surface area contributed by atoms with E-state index in [4.69, 9.17) is 15.2 Å². The van der Waals surface area contributed by atoms with Crippen LogP contribution in [0.2, 0.25) is 0 Å². The predicted molar refractivity (Wildman–Crippen MR) is 69.8 cm³/mol. The Bertz CT molecular complexity index is 405. The summed E-state index contributed by atoms with van der Waals surface area (Å²) >= 11 is 0. The number of anilines is 2. The van der Waals surface area contributed by atoms with Crippen LogP contribution in [0.15, 0.2) is 6.33 Å². The Kier molecular flexibility index (Phi) is 3.86. The summed E-state index contributed by atoms with van der Waals surface area (Å²) in [5.41, 5.74) is 6.55. The van der Waals surface area contributed by atoms with Crippen LogP contribution in [0.25, 0.3) is 0 Å². The molecule has 1 saturated heterocycles. The van der Waals surface area contributed by atoms with Crippen LogP contribution < -0.4 is 15.4 Å². The first-order valence-corrected chi connectivity index (χ1v) is 6.17. The van der Waals surface area contributed by atoms with Gasteiger partial charge in [0, 0.05) is 13.7 Å². The number of nitrogens with two attached hydrogens (primary N) is 1. The third kappa shape index (κ3) is 2.64. The van der Waals surface area contributed by atoms with E-state index in [1.165, 1.54) is 6.33 Å². The van der Waals surface area contributed by atoms with Crippen LogP contribution in [-0.4, -0.2) is 42.4 Å². The van der Waals surface area contributed by atoms with Crippen molar-refractivity contribution < 1.29 is 9.47 Å². The summed E-state index contributed by atoms with van der Waals surface area (Å²) in [4.78, 5) is 10.4. The molecular formula is C12H20N4O2. The second kappa shape index (κ2) is 5.39. The molecule has 6 nitrogen and oxygen atoms in total. The maximum Gasteiger partial charge on any atom is 0.242 e. The summed E-state index contributed by atoms with van der Waals surface area (Å²) in [5, 5.41) is 0. The van der Waals surface area contributed by atoms with Crippen LogP contribution in [-0.2, 0) is 4.74 Å². The van der Waals surface area contributed by atoms with Gasteiger partial charge < -0.3 is 20.1 Å². The van der Waals surface area contributed by atoms with Crippen molar-refractivity contribution in [1.29, 1.82) is 0 Å². The zero-order chi connectivity index (χ0) is 13.1. The smallest absolute Gasteiger partial charge is 0.242 e. The van der Waals surface area contributed by atoms with Crippen molar-refractivity contribution in [2.45, 2.75) is 32.4 Å². The lowest BCUT2D eigenvalue weighted by Gasteiger charge is -2.25. The van der Waals surface area contributed by atoms with Gasteiger partial charge >= 0.3 is 0 Å². The quantitative estimate of drug-likeness (QED) is 0.864. The van der Waals surface area contributed by atoms with Gasteiger partial charge in [0.2, 0.25) is 5.88 Å². The predicted octanol–water partition coefficient (Wildman–Crippen LogP) is 1.07. The molecule has 0 radical (unpaired) electrons. The molecule has 1 fully saturated rings. The normalized spacial score (nSPS) is 19.2. The fourth-order valence-corrected chi connectivity index (χ4v) is 1.97. The van der Waals surface area contributed by atoms with Gasteiger partial charge in [-0.2, -0.15) is 4.98 Å². The number of nitrogens with zero attached hydrogens (tertiary/aromatic N) is 3. The highest BCUT2D eigenvalue weighted by molar-refractivity contribution is 5.67. The number of ether oxygens (including phenoxy) is 2. The van der Waals surface area contributed by atoms with E-state index in [2.05, 4.69) is 9.97 Å². The Morgan fingerprint density at radius 3 is 2.89 bits per heavy atom. The Morgan fingerprint density at radius 2 is 2.28 bits per heavy atom. The molecule has 1 atom stereocenters. The molecule has 1 aromatic heterocycles. The summed E-state index contributed by atoms with van der Waals surface area (Å²) < 4.78 is 10.9. The van der Waals surface area contributed by atoms with E-state index >= 15 is 0 Å². The first kappa shape index (κ1) is 12.9. The molecular weight excluding hydrogens is 232 g/mol. The molecule has 0 spiro atoms. The molecule has 6 heteroatoms. The van der Waals surface area contributed by atoms with Crippen molar-refractivity contribution in [3.63, 3.8) is 0 Å². The maximum atomic E-state index is 6.07. The minimum absolute atomic E-state index is 0.0372. The van der Waals surface area contributed by atoms with Crippen molar-refractivity contribution in [3.8, 4) is 5.88 Å². The van der Waals surface area contributed by atoms with Gasteiger partial charge in [0.25, 0.3) is 0 Å². The van der Waals surface area contributed by atoms with E-state index < -0.39 is 0 Å². The van der Waals surface area contributed by atoms with Crippen LogP contribution in [0.3, 0.4) is 0 Å². The lowest BCUT2D eigenvalue weighted by atomic mass is 10.2. The molecule has 2 rings (SSSR count). The summed E-state index contributed by atoms with van der Waals surface area (Å²) in [6.45, 7) is 5.38. The van der Waals surface area contributed by atoms with Gasteiger partial charge in [0.15, 0.2) is 5.82 Å². The van der Waals surface area contributed by atoms with Crippen molar-refractivity contribution in [1.82, 2.24) is 9.97 Å². The van der Waals surface area contributed by atoms with Gasteiger partial charge in [-0.3, -0.25) is 0 Å². The van der Waals surface area contributed by atoms with Gasteiger partial charge in [-0.25, -0.2) is 4.98 Å². The molecule has 0 saturated carbocycles. The van der Waals surface area contributed by atoms with Gasteiger partial charge in [0.05, 0.1) is 18.8 Å². The minimum atomic E-state index is 0.0372. The summed E-state index contributed by atoms with van der Waals surface area (Å²) in [7, 11) is 1.97. The van der Waals surface area contributed by atoms with Gasteiger partial charge in [-0.15, -0.1) is 0 Å². The second-order valence-electron chi connectivity index (χ2n) is 4.71. The first-order valence-electron chi connectivity index (χ1n) is 6.17. The van der Waals surface area contributed by atoms with Crippen molar-refractivity contribution >= 4 is 11.5 Å². The SMILES string of the molecule is CC(C)Oc1ncnc(N(C)C2CCOC2)c1N. The van der Waals surface area contributed by atoms with Gasteiger partial charge in [-0.1, -0.05) is 0 Å². The molecule has 1 aromatic rings. The Morgan fingerprint density at radius 1 is 1.50 bits per heavy atom. The largest absolute Gasteiger partial charge is 0.473 e. The average molecular weight is 252 g/mol. The van der Waals surface area contributed by atoms with E-state index in [1.807, 2.05) is 25.8 Å². The third-order valence-corrected chi connectivity index (χ3v) is 2.96. The molecule has 100 valence electrons. The highest BCUT2D eigenvalue weighted by Gasteiger charge is 2.24. The zero-order valence-electron chi connectivity index (χ0n) is 11.1. The molecule has 1 aliphatic rings. The van der Waals surface area contributed by atoms with Gasteiger partial charge in [0.1, 0.15) is 12.0 Å². The molecule has 2 heterocycles. The Balaban J connectivity index is 2.21. The number of nitrogen functional groups attached to an aromatic ring is 1. The number of hydrogen-bond acceptors (Lipinski definition) is 6. The second-order valence-corrected chi connectivity index (χ2v) is 4.71. The van der Waals surface area contributed by atoms with Crippen molar-refractivity contribution in [3.05, 3.63) is 6.33 Å². The zero-order valence-corrected chi connectivity index (χ0v) is 11.1. The molecule has 0 bridgehead atoms. The fourth-order valence-electron chi connectivity index (χ4n) is 1.97. The van der Waals surface area contributed by atoms with Crippen LogP contribution in [0.1, 0.15) is 20.3 Å². The molecule has 0 aromatic carbocycles. The highest BCUT2D eigenvalue weighted by Crippen LogP contribution is 2.30. The number of likely N-dealkylation sites (N-methyl/N-ethyl adjacent to an activating group) is 1. The number of hydrogen-bond donors (Lipinski definition) is 1. The molecule has 2 N–H and O–H groups in total. The topological polar surface area (TPSA) is 73.5 Å². The fraction of sp³-hybridized carbons (Fsp3) is 0.667. The molecule has 1 aliphatic heterocycles. The lowest BCUT2D eigenvalue weighted by Crippen LogP contribution is -2.33. The van der Waals surface area contributed by atoms with Crippen LogP contribution in [0.5, 0.6) is 5.88 Å². The molecule has 0 amide bonds. The van der Waals surface area contributed by atoms with Crippen molar-refractivity contribution in [2.75, 3.05) is 30.9 Å². The van der Waals surface area contributed by atoms with Crippen LogP contribution in [0.4, 0.5) is 11.5 Å². The lowest BCUT2D eigenvalue weighted by molar-refractivity contribution is 0.193. The van der Waals surface area contributed by atoms with Crippen LogP contribution >= 0.6 is 0 Å². The van der Waals surface area contributed by atoms with E-state index in [9.17, 15) is 0 Å². The van der Waals surface area contributed by atoms with E-state index in [1.54, 1.807) is 0 Å². The maximum absolute atomic E-state index is 6.07. The van der Waals surface area contributed by atoms with E-state index in [0.29, 0.717) is 30.0 Å². The monoisotopic (exact) mass is 252 g/mol. The number of aromatic nitrogens is 2.